The number of aryl methyl sites for hydroxylation is 5. The Morgan fingerprint density at radius 2 is 1.67 bits per heavy atom. The molecule has 0 saturated carbocycles. The summed E-state index contributed by atoms with van der Waals surface area (Å²) < 4.78 is 1.86. The van der Waals surface area contributed by atoms with Crippen LogP contribution in [0, 0.1) is 34.6 Å². The SMILES string of the molecule is Cc1ccc(NC(=O)Cc2c(C)nc3c(-c4ccccc4)c(C)nn3c2C)cc1C. The van der Waals surface area contributed by atoms with Gasteiger partial charge < -0.3 is 5.32 Å². The second kappa shape index (κ2) is 7.75. The van der Waals surface area contributed by atoms with Crippen LogP contribution in [0.1, 0.15) is 33.8 Å². The van der Waals surface area contributed by atoms with Crippen molar-refractivity contribution in [3.05, 3.63) is 82.3 Å². The molecule has 4 rings (SSSR count). The lowest BCUT2D eigenvalue weighted by Crippen LogP contribution is -2.18. The van der Waals surface area contributed by atoms with Gasteiger partial charge in [-0.15, -0.1) is 0 Å². The van der Waals surface area contributed by atoms with Gasteiger partial charge in [0.1, 0.15) is 0 Å². The number of nitrogens with one attached hydrogen (secondary N) is 1. The summed E-state index contributed by atoms with van der Waals surface area (Å²) in [5.74, 6) is -0.0576. The van der Waals surface area contributed by atoms with Crippen LogP contribution in [0.25, 0.3) is 16.8 Å². The van der Waals surface area contributed by atoms with Gasteiger partial charge in [0.2, 0.25) is 5.91 Å². The molecule has 0 fully saturated rings. The van der Waals surface area contributed by atoms with Gasteiger partial charge >= 0.3 is 0 Å². The molecule has 5 nitrogen and oxygen atoms in total. The summed E-state index contributed by atoms with van der Waals surface area (Å²) in [5, 5.41) is 7.73. The molecule has 0 spiro atoms. The summed E-state index contributed by atoms with van der Waals surface area (Å²) in [4.78, 5) is 17.6. The second-order valence-electron chi connectivity index (χ2n) is 7.85. The van der Waals surface area contributed by atoms with Crippen molar-refractivity contribution in [2.75, 3.05) is 5.32 Å². The average molecular weight is 399 g/mol. The number of anilines is 1. The molecule has 152 valence electrons. The van der Waals surface area contributed by atoms with E-state index in [4.69, 9.17) is 10.1 Å². The maximum atomic E-state index is 12.7. The van der Waals surface area contributed by atoms with Crippen LogP contribution < -0.4 is 5.32 Å². The van der Waals surface area contributed by atoms with Crippen molar-refractivity contribution in [1.29, 1.82) is 0 Å². The van der Waals surface area contributed by atoms with Gasteiger partial charge in [0.05, 0.1) is 12.1 Å². The van der Waals surface area contributed by atoms with E-state index in [1.165, 1.54) is 5.56 Å². The normalized spacial score (nSPS) is 11.1. The standard InChI is InChI=1S/C25H26N4O/c1-15-11-12-21(13-16(15)2)27-23(30)14-22-17(3)26-25-24(20-9-7-6-8-10-20)18(4)28-29(25)19(22)5/h6-13H,14H2,1-5H3,(H,27,30). The molecule has 2 heterocycles. The zero-order valence-corrected chi connectivity index (χ0v) is 18.1. The van der Waals surface area contributed by atoms with Crippen molar-refractivity contribution in [1.82, 2.24) is 14.6 Å². The molecular weight excluding hydrogens is 372 g/mol. The Balaban J connectivity index is 1.68. The van der Waals surface area contributed by atoms with E-state index < -0.39 is 0 Å². The molecule has 0 radical (unpaired) electrons. The zero-order valence-electron chi connectivity index (χ0n) is 18.1. The van der Waals surface area contributed by atoms with Gasteiger partial charge in [0.15, 0.2) is 5.65 Å². The highest BCUT2D eigenvalue weighted by molar-refractivity contribution is 5.92. The van der Waals surface area contributed by atoms with Gasteiger partial charge in [0.25, 0.3) is 0 Å². The van der Waals surface area contributed by atoms with Gasteiger partial charge in [-0.2, -0.15) is 5.10 Å². The van der Waals surface area contributed by atoms with Crippen LogP contribution in [0.4, 0.5) is 5.69 Å². The first-order chi connectivity index (χ1) is 14.3. The van der Waals surface area contributed by atoms with E-state index in [9.17, 15) is 4.79 Å². The first-order valence-electron chi connectivity index (χ1n) is 10.1. The minimum absolute atomic E-state index is 0.0576. The summed E-state index contributed by atoms with van der Waals surface area (Å²) in [5.41, 5.74) is 9.76. The van der Waals surface area contributed by atoms with Gasteiger partial charge in [-0.05, 0) is 63.4 Å². The Morgan fingerprint density at radius 3 is 2.37 bits per heavy atom. The molecule has 30 heavy (non-hydrogen) atoms. The van der Waals surface area contributed by atoms with Gasteiger partial charge in [-0.3, -0.25) is 4.79 Å². The van der Waals surface area contributed by atoms with Crippen molar-refractivity contribution in [2.45, 2.75) is 41.0 Å². The minimum Gasteiger partial charge on any atom is -0.326 e. The molecule has 0 aliphatic carbocycles. The number of nitrogens with zero attached hydrogens (tertiary/aromatic N) is 3. The predicted octanol–water partition coefficient (Wildman–Crippen LogP) is 5.12. The van der Waals surface area contributed by atoms with Crippen molar-refractivity contribution < 1.29 is 4.79 Å². The summed E-state index contributed by atoms with van der Waals surface area (Å²) >= 11 is 0. The number of benzene rings is 2. The van der Waals surface area contributed by atoms with Gasteiger partial charge in [-0.25, -0.2) is 9.50 Å². The maximum Gasteiger partial charge on any atom is 0.228 e. The van der Waals surface area contributed by atoms with E-state index in [-0.39, 0.29) is 12.3 Å². The minimum atomic E-state index is -0.0576. The van der Waals surface area contributed by atoms with Crippen LogP contribution >= 0.6 is 0 Å². The molecule has 0 bridgehead atoms. The molecule has 0 aliphatic heterocycles. The quantitative estimate of drug-likeness (QED) is 0.519. The Bertz CT molecular complexity index is 1260. The van der Waals surface area contributed by atoms with Gasteiger partial charge in [0, 0.05) is 28.2 Å². The molecule has 1 amide bonds. The maximum absolute atomic E-state index is 12.7. The van der Waals surface area contributed by atoms with Crippen LogP contribution in [0.2, 0.25) is 0 Å². The van der Waals surface area contributed by atoms with Crippen LogP contribution in [0.3, 0.4) is 0 Å². The third-order valence-electron chi connectivity index (χ3n) is 5.69. The molecule has 1 N–H and O–H groups in total. The Kier molecular flexibility index (Phi) is 5.12. The fourth-order valence-corrected chi connectivity index (χ4v) is 3.85. The van der Waals surface area contributed by atoms with E-state index in [1.807, 2.05) is 68.6 Å². The van der Waals surface area contributed by atoms with Crippen molar-refractivity contribution in [3.63, 3.8) is 0 Å². The molecule has 0 saturated heterocycles. The Labute approximate surface area is 176 Å². The predicted molar refractivity (Wildman–Crippen MR) is 121 cm³/mol. The number of carbonyl (C=O) groups excluding carboxylic acids is 1. The Hall–Kier alpha value is -3.47. The zero-order chi connectivity index (χ0) is 21.4. The molecular formula is C25H26N4O. The third-order valence-corrected chi connectivity index (χ3v) is 5.69. The lowest BCUT2D eigenvalue weighted by molar-refractivity contribution is -0.115. The summed E-state index contributed by atoms with van der Waals surface area (Å²) in [6.07, 6.45) is 0.257. The molecule has 2 aromatic heterocycles. The second-order valence-corrected chi connectivity index (χ2v) is 7.85. The van der Waals surface area contributed by atoms with Gasteiger partial charge in [-0.1, -0.05) is 36.4 Å². The molecule has 5 heteroatoms. The highest BCUT2D eigenvalue weighted by Gasteiger charge is 2.19. The van der Waals surface area contributed by atoms with Crippen molar-refractivity contribution >= 4 is 17.2 Å². The number of aromatic nitrogens is 3. The average Bonchev–Trinajstić information content (AvgIpc) is 3.04. The third kappa shape index (κ3) is 3.59. The molecule has 0 atom stereocenters. The van der Waals surface area contributed by atoms with Crippen LogP contribution in [0.15, 0.2) is 48.5 Å². The van der Waals surface area contributed by atoms with E-state index in [2.05, 4.69) is 24.4 Å². The highest BCUT2D eigenvalue weighted by Crippen LogP contribution is 2.29. The number of amides is 1. The van der Waals surface area contributed by atoms with E-state index in [0.717, 1.165) is 50.7 Å². The first-order valence-corrected chi connectivity index (χ1v) is 10.1. The lowest BCUT2D eigenvalue weighted by atomic mass is 10.0. The fourth-order valence-electron chi connectivity index (χ4n) is 3.85. The van der Waals surface area contributed by atoms with E-state index in [0.29, 0.717) is 0 Å². The van der Waals surface area contributed by atoms with Crippen molar-refractivity contribution in [2.24, 2.45) is 0 Å². The summed E-state index contributed by atoms with van der Waals surface area (Å²) in [7, 11) is 0. The smallest absolute Gasteiger partial charge is 0.228 e. The number of hydrogen-bond acceptors (Lipinski definition) is 3. The number of fused-ring (bicyclic) bond motifs is 1. The Morgan fingerprint density at radius 1 is 0.933 bits per heavy atom. The summed E-state index contributed by atoms with van der Waals surface area (Å²) in [6, 6.07) is 16.1. The molecule has 0 aliphatic rings. The van der Waals surface area contributed by atoms with Crippen LogP contribution in [-0.2, 0) is 11.2 Å². The highest BCUT2D eigenvalue weighted by atomic mass is 16.1. The topological polar surface area (TPSA) is 59.3 Å². The van der Waals surface area contributed by atoms with E-state index >= 15 is 0 Å². The number of rotatable bonds is 4. The summed E-state index contributed by atoms with van der Waals surface area (Å²) in [6.45, 7) is 10.1. The van der Waals surface area contributed by atoms with E-state index in [1.54, 1.807) is 0 Å². The molecule has 4 aromatic rings. The molecule has 0 unspecified atom stereocenters. The number of hydrogen-bond donors (Lipinski definition) is 1. The van der Waals surface area contributed by atoms with Crippen LogP contribution in [0.5, 0.6) is 0 Å². The van der Waals surface area contributed by atoms with Crippen molar-refractivity contribution in [3.8, 4) is 11.1 Å². The lowest BCUT2D eigenvalue weighted by Gasteiger charge is -2.12. The first kappa shape index (κ1) is 19.8. The largest absolute Gasteiger partial charge is 0.326 e. The van der Waals surface area contributed by atoms with Crippen LogP contribution in [-0.4, -0.2) is 20.5 Å². The molecule has 2 aromatic carbocycles. The number of carbonyl (C=O) groups is 1. The monoisotopic (exact) mass is 398 g/mol. The fraction of sp³-hybridized carbons (Fsp3) is 0.240.